The number of nitrogens with zero attached hydrogens (tertiary/aromatic N) is 2. The monoisotopic (exact) mass is 193 g/mol. The Labute approximate surface area is 85.5 Å². The van der Waals surface area contributed by atoms with Crippen molar-refractivity contribution in [1.82, 2.24) is 14.9 Å². The van der Waals surface area contributed by atoms with E-state index in [0.717, 1.165) is 18.3 Å². The quantitative estimate of drug-likeness (QED) is 0.792. The topological polar surface area (TPSA) is 29.9 Å². The zero-order valence-electron chi connectivity index (χ0n) is 9.03. The van der Waals surface area contributed by atoms with Gasteiger partial charge in [0.1, 0.15) is 5.82 Å². The van der Waals surface area contributed by atoms with E-state index in [-0.39, 0.29) is 0 Å². The van der Waals surface area contributed by atoms with Gasteiger partial charge in [-0.3, -0.25) is 0 Å². The van der Waals surface area contributed by atoms with Crippen LogP contribution in [0.1, 0.15) is 32.0 Å². The molecule has 1 fully saturated rings. The van der Waals surface area contributed by atoms with Crippen molar-refractivity contribution >= 4 is 0 Å². The summed E-state index contributed by atoms with van der Waals surface area (Å²) in [5.74, 6) is 2.03. The Morgan fingerprint density at radius 2 is 2.43 bits per heavy atom. The van der Waals surface area contributed by atoms with Crippen LogP contribution in [0.15, 0.2) is 12.4 Å². The first-order chi connectivity index (χ1) is 6.75. The molecule has 1 heterocycles. The molecule has 0 aliphatic heterocycles. The van der Waals surface area contributed by atoms with Gasteiger partial charge in [0.05, 0.1) is 6.54 Å². The van der Waals surface area contributed by atoms with Gasteiger partial charge in [0.2, 0.25) is 0 Å². The summed E-state index contributed by atoms with van der Waals surface area (Å²) < 4.78 is 2.07. The lowest BCUT2D eigenvalue weighted by atomic mass is 10.1. The number of nitrogens with one attached hydrogen (secondary N) is 1. The molecule has 1 aliphatic carbocycles. The fourth-order valence-corrected chi connectivity index (χ4v) is 2.19. The van der Waals surface area contributed by atoms with E-state index < -0.39 is 0 Å². The van der Waals surface area contributed by atoms with E-state index >= 15 is 0 Å². The lowest BCUT2D eigenvalue weighted by molar-refractivity contribution is 0.489. The molecule has 1 N–H and O–H groups in total. The lowest BCUT2D eigenvalue weighted by Gasteiger charge is -2.11. The predicted octanol–water partition coefficient (Wildman–Crippen LogP) is 1.70. The third-order valence-electron chi connectivity index (χ3n) is 3.16. The molecule has 2 rings (SSSR count). The Morgan fingerprint density at radius 1 is 1.57 bits per heavy atom. The van der Waals surface area contributed by atoms with Crippen molar-refractivity contribution in [2.24, 2.45) is 13.0 Å². The summed E-state index contributed by atoms with van der Waals surface area (Å²) in [4.78, 5) is 4.30. The molecule has 2 atom stereocenters. The van der Waals surface area contributed by atoms with Crippen LogP contribution < -0.4 is 5.32 Å². The number of rotatable bonds is 3. The normalized spacial score (nSPS) is 27.0. The van der Waals surface area contributed by atoms with E-state index in [1.165, 1.54) is 19.3 Å². The van der Waals surface area contributed by atoms with Crippen LogP contribution in [0.5, 0.6) is 0 Å². The Balaban J connectivity index is 1.80. The summed E-state index contributed by atoms with van der Waals surface area (Å²) in [5.41, 5.74) is 0. The van der Waals surface area contributed by atoms with Crippen molar-refractivity contribution in [3.05, 3.63) is 18.2 Å². The van der Waals surface area contributed by atoms with Crippen molar-refractivity contribution in [2.45, 2.75) is 38.8 Å². The minimum Gasteiger partial charge on any atom is -0.337 e. The molecule has 0 saturated heterocycles. The van der Waals surface area contributed by atoms with E-state index in [9.17, 15) is 0 Å². The van der Waals surface area contributed by atoms with E-state index in [0.29, 0.717) is 6.04 Å². The first kappa shape index (κ1) is 9.71. The van der Waals surface area contributed by atoms with E-state index in [1.54, 1.807) is 0 Å². The molecule has 78 valence electrons. The van der Waals surface area contributed by atoms with Crippen molar-refractivity contribution in [3.63, 3.8) is 0 Å². The van der Waals surface area contributed by atoms with Gasteiger partial charge >= 0.3 is 0 Å². The largest absolute Gasteiger partial charge is 0.337 e. The highest BCUT2D eigenvalue weighted by Gasteiger charge is 2.20. The molecule has 1 aliphatic rings. The first-order valence-corrected chi connectivity index (χ1v) is 5.45. The van der Waals surface area contributed by atoms with Gasteiger partial charge in [-0.05, 0) is 25.2 Å². The Hall–Kier alpha value is -0.830. The molecule has 2 unspecified atom stereocenters. The highest BCUT2D eigenvalue weighted by molar-refractivity contribution is 4.91. The van der Waals surface area contributed by atoms with Gasteiger partial charge in [0.15, 0.2) is 0 Å². The molecule has 0 aromatic carbocycles. The van der Waals surface area contributed by atoms with E-state index in [2.05, 4.69) is 21.8 Å². The van der Waals surface area contributed by atoms with E-state index in [4.69, 9.17) is 0 Å². The molecule has 1 aromatic rings. The van der Waals surface area contributed by atoms with Crippen LogP contribution >= 0.6 is 0 Å². The maximum atomic E-state index is 4.30. The van der Waals surface area contributed by atoms with Crippen molar-refractivity contribution < 1.29 is 0 Å². The molecule has 0 radical (unpaired) electrons. The van der Waals surface area contributed by atoms with Crippen LogP contribution in [0.2, 0.25) is 0 Å². The molecule has 0 amide bonds. The highest BCUT2D eigenvalue weighted by atomic mass is 15.1. The standard InChI is InChI=1S/C11H19N3/c1-9-3-4-10(7-9)13-8-11-12-5-6-14(11)2/h5-6,9-10,13H,3-4,7-8H2,1-2H3. The molecule has 3 nitrogen and oxygen atoms in total. The SMILES string of the molecule is CC1CCC(NCc2nccn2C)C1. The van der Waals surface area contributed by atoms with Crippen LogP contribution in [-0.2, 0) is 13.6 Å². The number of aromatic nitrogens is 2. The van der Waals surface area contributed by atoms with Gasteiger partial charge in [-0.25, -0.2) is 4.98 Å². The van der Waals surface area contributed by atoms with Crippen molar-refractivity contribution in [2.75, 3.05) is 0 Å². The second-order valence-electron chi connectivity index (χ2n) is 4.45. The number of aryl methyl sites for hydroxylation is 1. The van der Waals surface area contributed by atoms with Gasteiger partial charge in [0, 0.05) is 25.5 Å². The summed E-state index contributed by atoms with van der Waals surface area (Å²) in [6.45, 7) is 3.24. The molecule has 1 saturated carbocycles. The summed E-state index contributed by atoms with van der Waals surface area (Å²) in [5, 5.41) is 3.57. The van der Waals surface area contributed by atoms with Gasteiger partial charge < -0.3 is 9.88 Å². The minimum absolute atomic E-state index is 0.710. The third-order valence-corrected chi connectivity index (χ3v) is 3.16. The molecular weight excluding hydrogens is 174 g/mol. The Kier molecular flexibility index (Phi) is 2.87. The molecule has 0 spiro atoms. The van der Waals surface area contributed by atoms with Gasteiger partial charge in [-0.15, -0.1) is 0 Å². The first-order valence-electron chi connectivity index (χ1n) is 5.45. The van der Waals surface area contributed by atoms with Gasteiger partial charge in [0.25, 0.3) is 0 Å². The molecule has 1 aromatic heterocycles. The number of imidazole rings is 1. The van der Waals surface area contributed by atoms with E-state index in [1.807, 2.05) is 19.4 Å². The summed E-state index contributed by atoms with van der Waals surface area (Å²) in [6.07, 6.45) is 7.87. The molecule has 3 heteroatoms. The van der Waals surface area contributed by atoms with Crippen molar-refractivity contribution in [1.29, 1.82) is 0 Å². The predicted molar refractivity (Wildman–Crippen MR) is 56.9 cm³/mol. The van der Waals surface area contributed by atoms with Crippen LogP contribution in [0, 0.1) is 5.92 Å². The summed E-state index contributed by atoms with van der Waals surface area (Å²) in [7, 11) is 2.04. The Morgan fingerprint density at radius 3 is 3.00 bits per heavy atom. The minimum atomic E-state index is 0.710. The average Bonchev–Trinajstić information content (AvgIpc) is 2.72. The van der Waals surface area contributed by atoms with Gasteiger partial charge in [-0.2, -0.15) is 0 Å². The lowest BCUT2D eigenvalue weighted by Crippen LogP contribution is -2.27. The third kappa shape index (κ3) is 2.15. The van der Waals surface area contributed by atoms with Gasteiger partial charge in [-0.1, -0.05) is 6.92 Å². The number of hydrogen-bond acceptors (Lipinski definition) is 2. The second kappa shape index (κ2) is 4.13. The van der Waals surface area contributed by atoms with Crippen molar-refractivity contribution in [3.8, 4) is 0 Å². The van der Waals surface area contributed by atoms with Crippen LogP contribution in [0.25, 0.3) is 0 Å². The maximum absolute atomic E-state index is 4.30. The zero-order chi connectivity index (χ0) is 9.97. The maximum Gasteiger partial charge on any atom is 0.122 e. The average molecular weight is 193 g/mol. The van der Waals surface area contributed by atoms with Crippen LogP contribution in [0.4, 0.5) is 0 Å². The molecule has 0 bridgehead atoms. The highest BCUT2D eigenvalue weighted by Crippen LogP contribution is 2.24. The number of hydrogen-bond donors (Lipinski definition) is 1. The summed E-state index contributed by atoms with van der Waals surface area (Å²) in [6, 6.07) is 0.710. The molecular formula is C11H19N3. The second-order valence-corrected chi connectivity index (χ2v) is 4.45. The van der Waals surface area contributed by atoms with Crippen LogP contribution in [-0.4, -0.2) is 15.6 Å². The molecule has 14 heavy (non-hydrogen) atoms. The zero-order valence-corrected chi connectivity index (χ0v) is 9.03. The Bertz CT molecular complexity index is 292. The fraction of sp³-hybridized carbons (Fsp3) is 0.727. The fourth-order valence-electron chi connectivity index (χ4n) is 2.19. The summed E-state index contributed by atoms with van der Waals surface area (Å²) >= 11 is 0. The van der Waals surface area contributed by atoms with Crippen LogP contribution in [0.3, 0.4) is 0 Å². The smallest absolute Gasteiger partial charge is 0.122 e.